The first-order chi connectivity index (χ1) is 17.4. The molecule has 2 aromatic heterocycles. The number of rotatable bonds is 5. The lowest BCUT2D eigenvalue weighted by molar-refractivity contribution is 0.0695. The number of hydrazone groups is 1. The maximum atomic E-state index is 13.0. The largest absolute Gasteiger partial charge is 0.494 e. The molecule has 0 radical (unpaired) electrons. The van der Waals surface area contributed by atoms with Gasteiger partial charge in [-0.25, -0.2) is 4.79 Å². The van der Waals surface area contributed by atoms with Crippen molar-refractivity contribution in [2.45, 2.75) is 38.1 Å². The van der Waals surface area contributed by atoms with E-state index in [1.807, 2.05) is 10.6 Å². The first kappa shape index (κ1) is 23.2. The van der Waals surface area contributed by atoms with Crippen LogP contribution in [0.4, 0.5) is 0 Å². The van der Waals surface area contributed by atoms with E-state index in [-0.39, 0.29) is 11.6 Å². The third-order valence-electron chi connectivity index (χ3n) is 7.47. The van der Waals surface area contributed by atoms with Gasteiger partial charge in [-0.2, -0.15) is 5.10 Å². The van der Waals surface area contributed by atoms with Crippen molar-refractivity contribution in [3.63, 3.8) is 0 Å². The van der Waals surface area contributed by atoms with Crippen LogP contribution >= 0.6 is 11.3 Å². The minimum atomic E-state index is -1.20. The molecule has 0 spiro atoms. The van der Waals surface area contributed by atoms with Crippen LogP contribution in [0.5, 0.6) is 5.75 Å². The summed E-state index contributed by atoms with van der Waals surface area (Å²) in [5.74, 6) is -0.568. The van der Waals surface area contributed by atoms with Crippen LogP contribution in [0.25, 0.3) is 21.3 Å². The molecular weight excluding hydrogens is 476 g/mol. The maximum absolute atomic E-state index is 13.0. The summed E-state index contributed by atoms with van der Waals surface area (Å²) in [7, 11) is 3.77. The SMILES string of the molecule is COc1c(-c2cc3c(s2)CCC/C3=N\N2CCN(C)CC2)ccc2c(=O)c(C(=O)O)cn(C3CC3)c12. The van der Waals surface area contributed by atoms with Crippen LogP contribution in [0.15, 0.2) is 34.3 Å². The molecule has 3 heterocycles. The molecule has 3 aliphatic rings. The summed E-state index contributed by atoms with van der Waals surface area (Å²) in [6.45, 7) is 3.95. The third kappa shape index (κ3) is 4.00. The van der Waals surface area contributed by atoms with E-state index in [0.717, 1.165) is 74.4 Å². The highest BCUT2D eigenvalue weighted by molar-refractivity contribution is 7.16. The number of thiophene rings is 1. The molecule has 9 heteroatoms. The molecule has 2 fully saturated rings. The fourth-order valence-corrected chi connectivity index (χ4v) is 6.57. The van der Waals surface area contributed by atoms with Crippen molar-refractivity contribution in [1.29, 1.82) is 0 Å². The summed E-state index contributed by atoms with van der Waals surface area (Å²) in [6.07, 6.45) is 6.52. The van der Waals surface area contributed by atoms with E-state index in [0.29, 0.717) is 16.7 Å². The smallest absolute Gasteiger partial charge is 0.341 e. The number of fused-ring (bicyclic) bond motifs is 2. The second-order valence-electron chi connectivity index (χ2n) is 9.96. The molecule has 0 bridgehead atoms. The van der Waals surface area contributed by atoms with Crippen molar-refractivity contribution < 1.29 is 14.6 Å². The molecule has 0 amide bonds. The van der Waals surface area contributed by atoms with Crippen LogP contribution < -0.4 is 10.2 Å². The van der Waals surface area contributed by atoms with Gasteiger partial charge in [0.15, 0.2) is 5.75 Å². The van der Waals surface area contributed by atoms with Gasteiger partial charge in [0.2, 0.25) is 5.43 Å². The zero-order valence-corrected chi connectivity index (χ0v) is 21.4. The van der Waals surface area contributed by atoms with Gasteiger partial charge in [0, 0.05) is 59.3 Å². The number of aromatic nitrogens is 1. The van der Waals surface area contributed by atoms with Gasteiger partial charge in [-0.3, -0.25) is 9.80 Å². The van der Waals surface area contributed by atoms with E-state index in [4.69, 9.17) is 9.84 Å². The normalized spacial score (nSPS) is 19.6. The summed E-state index contributed by atoms with van der Waals surface area (Å²) in [4.78, 5) is 29.5. The molecule has 1 aromatic carbocycles. The van der Waals surface area contributed by atoms with Crippen molar-refractivity contribution >= 4 is 33.9 Å². The van der Waals surface area contributed by atoms with E-state index in [1.165, 1.54) is 16.6 Å². The van der Waals surface area contributed by atoms with Gasteiger partial charge in [0.1, 0.15) is 5.56 Å². The molecule has 3 aromatic rings. The zero-order chi connectivity index (χ0) is 25.0. The number of carbonyl (C=O) groups is 1. The highest BCUT2D eigenvalue weighted by atomic mass is 32.1. The van der Waals surface area contributed by atoms with Crippen LogP contribution in [0.2, 0.25) is 0 Å². The van der Waals surface area contributed by atoms with E-state index in [9.17, 15) is 14.7 Å². The number of aryl methyl sites for hydroxylation is 1. The number of carboxylic acids is 1. The molecule has 1 aliphatic heterocycles. The summed E-state index contributed by atoms with van der Waals surface area (Å²) in [5.41, 5.74) is 3.34. The molecule has 8 nitrogen and oxygen atoms in total. The second kappa shape index (κ2) is 9.05. The van der Waals surface area contributed by atoms with Crippen LogP contribution in [0, 0.1) is 0 Å². The quantitative estimate of drug-likeness (QED) is 0.562. The van der Waals surface area contributed by atoms with Crippen LogP contribution in [-0.4, -0.2) is 71.6 Å². The maximum Gasteiger partial charge on any atom is 0.341 e. The molecule has 0 unspecified atom stereocenters. The zero-order valence-electron chi connectivity index (χ0n) is 20.6. The second-order valence-corrected chi connectivity index (χ2v) is 11.1. The number of ether oxygens (including phenoxy) is 1. The van der Waals surface area contributed by atoms with E-state index >= 15 is 0 Å². The number of nitrogens with zero attached hydrogens (tertiary/aromatic N) is 4. The average molecular weight is 507 g/mol. The molecule has 2 aliphatic carbocycles. The lowest BCUT2D eigenvalue weighted by Crippen LogP contribution is -2.42. The molecule has 0 atom stereocenters. The minimum Gasteiger partial charge on any atom is -0.494 e. The number of benzene rings is 1. The Morgan fingerprint density at radius 1 is 1.14 bits per heavy atom. The van der Waals surface area contributed by atoms with Gasteiger partial charge in [-0.05, 0) is 57.4 Å². The standard InChI is InChI=1S/C27H30N4O4S/c1-29-10-12-30(13-11-29)28-21-4-3-5-22-19(21)14-23(36-22)17-8-9-18-24(26(17)35-2)31(16-6-7-16)15-20(25(18)32)27(33)34/h8-9,14-16H,3-7,10-13H2,1-2H3,(H,33,34)/b28-21+. The lowest BCUT2D eigenvalue weighted by Gasteiger charge is -2.31. The molecule has 1 saturated heterocycles. The Morgan fingerprint density at radius 3 is 2.61 bits per heavy atom. The van der Waals surface area contributed by atoms with Crippen molar-refractivity contribution in [3.8, 4) is 16.2 Å². The lowest BCUT2D eigenvalue weighted by atomic mass is 9.96. The number of hydrogen-bond donors (Lipinski definition) is 1. The summed E-state index contributed by atoms with van der Waals surface area (Å²) in [5, 5.41) is 17.2. The van der Waals surface area contributed by atoms with Crippen LogP contribution in [-0.2, 0) is 6.42 Å². The Bertz CT molecular complexity index is 1440. The Morgan fingerprint density at radius 2 is 1.92 bits per heavy atom. The van der Waals surface area contributed by atoms with Crippen molar-refractivity contribution in [1.82, 2.24) is 14.5 Å². The number of aromatic carboxylic acids is 1. The summed E-state index contributed by atoms with van der Waals surface area (Å²) >= 11 is 1.77. The monoisotopic (exact) mass is 506 g/mol. The van der Waals surface area contributed by atoms with Crippen molar-refractivity contribution in [2.75, 3.05) is 40.3 Å². The van der Waals surface area contributed by atoms with E-state index in [1.54, 1.807) is 24.5 Å². The first-order valence-electron chi connectivity index (χ1n) is 12.6. The highest BCUT2D eigenvalue weighted by Crippen LogP contribution is 2.45. The average Bonchev–Trinajstić information content (AvgIpc) is 3.62. The number of pyridine rings is 1. The first-order valence-corrected chi connectivity index (χ1v) is 13.4. The number of likely N-dealkylation sites (N-methyl/N-ethyl adjacent to an activating group) is 1. The summed E-state index contributed by atoms with van der Waals surface area (Å²) < 4.78 is 7.87. The number of piperazine rings is 1. The van der Waals surface area contributed by atoms with E-state index < -0.39 is 11.4 Å². The number of methoxy groups -OCH3 is 1. The Labute approximate surface area is 213 Å². The molecule has 1 N–H and O–H groups in total. The minimum absolute atomic E-state index is 0.189. The molecule has 36 heavy (non-hydrogen) atoms. The number of carboxylic acid groups (broad SMARTS) is 1. The van der Waals surface area contributed by atoms with Gasteiger partial charge >= 0.3 is 5.97 Å². The highest BCUT2D eigenvalue weighted by Gasteiger charge is 2.30. The molecular formula is C27H30N4O4S. The fraction of sp³-hybridized carbons (Fsp3) is 0.444. The topological polar surface area (TPSA) is 87.4 Å². The molecule has 1 saturated carbocycles. The van der Waals surface area contributed by atoms with Crippen molar-refractivity contribution in [2.24, 2.45) is 5.10 Å². The van der Waals surface area contributed by atoms with Gasteiger partial charge < -0.3 is 19.3 Å². The molecule has 188 valence electrons. The predicted molar refractivity (Wildman–Crippen MR) is 142 cm³/mol. The van der Waals surface area contributed by atoms with Gasteiger partial charge in [0.05, 0.1) is 23.7 Å². The summed E-state index contributed by atoms with van der Waals surface area (Å²) in [6, 6.07) is 6.08. The van der Waals surface area contributed by atoms with Crippen molar-refractivity contribution in [3.05, 3.63) is 50.6 Å². The fourth-order valence-electron chi connectivity index (χ4n) is 5.32. The van der Waals surface area contributed by atoms with Crippen LogP contribution in [0.1, 0.15) is 52.5 Å². The van der Waals surface area contributed by atoms with Gasteiger partial charge in [0.25, 0.3) is 0 Å². The van der Waals surface area contributed by atoms with Gasteiger partial charge in [-0.15, -0.1) is 11.3 Å². The number of hydrogen-bond acceptors (Lipinski definition) is 7. The van der Waals surface area contributed by atoms with Crippen LogP contribution in [0.3, 0.4) is 0 Å². The Balaban J connectivity index is 1.46. The Kier molecular flexibility index (Phi) is 5.84. The third-order valence-corrected chi connectivity index (χ3v) is 8.69. The Hall–Kier alpha value is -3.17. The predicted octanol–water partition coefficient (Wildman–Crippen LogP) is 4.06. The van der Waals surface area contributed by atoms with Gasteiger partial charge in [-0.1, -0.05) is 0 Å². The van der Waals surface area contributed by atoms with E-state index in [2.05, 4.69) is 23.0 Å². The molecule has 6 rings (SSSR count).